The van der Waals surface area contributed by atoms with Crippen molar-refractivity contribution in [3.8, 4) is 0 Å². The molecule has 0 saturated carbocycles. The summed E-state index contributed by atoms with van der Waals surface area (Å²) < 4.78 is 4.60. The van der Waals surface area contributed by atoms with Crippen molar-refractivity contribution in [3.63, 3.8) is 0 Å². The number of aliphatic imine (C=N–C) groups is 1. The minimum Gasteiger partial charge on any atom is -0.461 e. The Morgan fingerprint density at radius 3 is 3.00 bits per heavy atom. The van der Waals surface area contributed by atoms with Crippen LogP contribution in [0.2, 0.25) is 0 Å². The second kappa shape index (κ2) is 7.44. The Hall–Kier alpha value is -1.67. The summed E-state index contributed by atoms with van der Waals surface area (Å²) in [5.74, 6) is -0.476. The van der Waals surface area contributed by atoms with Crippen molar-refractivity contribution in [3.05, 3.63) is 24.8 Å². The Morgan fingerprint density at radius 1 is 1.67 bits per heavy atom. The molecule has 0 rings (SSSR count). The summed E-state index contributed by atoms with van der Waals surface area (Å²) in [4.78, 5) is 23.4. The molecule has 0 aliphatic carbocycles. The summed E-state index contributed by atoms with van der Waals surface area (Å²) >= 11 is 0. The summed E-state index contributed by atoms with van der Waals surface area (Å²) in [5.41, 5.74) is 0. The number of allylic oxidation sites excluding steroid dienone is 2. The van der Waals surface area contributed by atoms with E-state index in [0.29, 0.717) is 0 Å². The maximum absolute atomic E-state index is 10.7. The molecule has 0 aromatic heterocycles. The number of carbonyl (C=O) groups is 1. The lowest BCUT2D eigenvalue weighted by atomic mass is 10.5. The molecule has 4 heteroatoms. The smallest absolute Gasteiger partial charge is 0.330 e. The molecule has 64 valence electrons. The molecule has 0 amide bonds. The first-order chi connectivity index (χ1) is 5.81. The van der Waals surface area contributed by atoms with Crippen molar-refractivity contribution in [2.45, 2.75) is 0 Å². The molecule has 0 aromatic carbocycles. The quantitative estimate of drug-likeness (QED) is 0.150. The van der Waals surface area contributed by atoms with E-state index in [1.54, 1.807) is 0 Å². The second-order valence-corrected chi connectivity index (χ2v) is 1.74. The summed E-state index contributed by atoms with van der Waals surface area (Å²) in [5, 5.41) is 0. The molecule has 0 unspecified atom stereocenters. The number of hydrogen-bond acceptors (Lipinski definition) is 4. The van der Waals surface area contributed by atoms with E-state index in [9.17, 15) is 9.59 Å². The van der Waals surface area contributed by atoms with Crippen molar-refractivity contribution < 1.29 is 14.3 Å². The third-order valence-corrected chi connectivity index (χ3v) is 0.880. The Kier molecular flexibility index (Phi) is 6.40. The lowest BCUT2D eigenvalue weighted by molar-refractivity contribution is -0.137. The molecule has 0 bridgehead atoms. The molecule has 0 aliphatic heterocycles. The number of hydrogen-bond donors (Lipinski definition) is 0. The standard InChI is InChI=1S/C8H9NO3/c1-2-3-4-8(11)12-6-5-9-7-10/h2-4H,1,5-6H2. The fraction of sp³-hybridized carbons (Fsp3) is 0.250. The molecule has 0 spiro atoms. The van der Waals surface area contributed by atoms with E-state index in [0.717, 1.165) is 0 Å². The Bertz CT molecular complexity index is 226. The zero-order valence-corrected chi connectivity index (χ0v) is 6.53. The molecule has 0 radical (unpaired) electrons. The van der Waals surface area contributed by atoms with Gasteiger partial charge in [0.15, 0.2) is 0 Å². The van der Waals surface area contributed by atoms with Crippen LogP contribution >= 0.6 is 0 Å². The first kappa shape index (κ1) is 10.3. The number of isocyanates is 1. The van der Waals surface area contributed by atoms with Gasteiger partial charge in [0.05, 0.1) is 6.54 Å². The van der Waals surface area contributed by atoms with Crippen LogP contribution in [0.15, 0.2) is 29.8 Å². The molecule has 0 aliphatic rings. The van der Waals surface area contributed by atoms with Gasteiger partial charge in [0, 0.05) is 6.08 Å². The monoisotopic (exact) mass is 167 g/mol. The van der Waals surface area contributed by atoms with Crippen LogP contribution in [-0.4, -0.2) is 25.2 Å². The molecule has 0 heterocycles. The fourth-order valence-corrected chi connectivity index (χ4v) is 0.432. The molecule has 0 atom stereocenters. The van der Waals surface area contributed by atoms with E-state index in [-0.39, 0.29) is 13.2 Å². The van der Waals surface area contributed by atoms with Gasteiger partial charge in [0.2, 0.25) is 6.08 Å². The number of carbonyl (C=O) groups excluding carboxylic acids is 2. The minimum absolute atomic E-state index is 0.0928. The molecule has 4 nitrogen and oxygen atoms in total. The topological polar surface area (TPSA) is 55.7 Å². The second-order valence-electron chi connectivity index (χ2n) is 1.74. The van der Waals surface area contributed by atoms with Crippen molar-refractivity contribution in [1.29, 1.82) is 0 Å². The SMILES string of the molecule is C=CC=CC(=O)OCCN=C=O. The number of ether oxygens (including phenoxy) is 1. The van der Waals surface area contributed by atoms with E-state index >= 15 is 0 Å². The average molecular weight is 167 g/mol. The van der Waals surface area contributed by atoms with Gasteiger partial charge in [0.1, 0.15) is 6.61 Å². The zero-order chi connectivity index (χ0) is 9.23. The molecule has 0 fully saturated rings. The molecule has 12 heavy (non-hydrogen) atoms. The van der Waals surface area contributed by atoms with Gasteiger partial charge in [-0.1, -0.05) is 18.7 Å². The maximum Gasteiger partial charge on any atom is 0.330 e. The molecule has 0 aromatic rings. The predicted molar refractivity (Wildman–Crippen MR) is 43.3 cm³/mol. The van der Waals surface area contributed by atoms with Crippen molar-refractivity contribution in [2.75, 3.05) is 13.2 Å². The normalized spacial score (nSPS) is 9.00. The lowest BCUT2D eigenvalue weighted by Gasteiger charge is -1.95. The Labute approximate surface area is 70.2 Å². The van der Waals surface area contributed by atoms with Crippen LogP contribution in [0.25, 0.3) is 0 Å². The Balaban J connectivity index is 3.50. The highest BCUT2D eigenvalue weighted by molar-refractivity contribution is 5.82. The number of rotatable bonds is 5. The van der Waals surface area contributed by atoms with Gasteiger partial charge in [-0.05, 0) is 0 Å². The van der Waals surface area contributed by atoms with Crippen molar-refractivity contribution in [2.24, 2.45) is 4.99 Å². The van der Waals surface area contributed by atoms with Crippen LogP contribution in [0.1, 0.15) is 0 Å². The average Bonchev–Trinajstić information content (AvgIpc) is 2.09. The summed E-state index contributed by atoms with van der Waals surface area (Å²) in [7, 11) is 0. The van der Waals surface area contributed by atoms with Crippen LogP contribution in [0.3, 0.4) is 0 Å². The largest absolute Gasteiger partial charge is 0.461 e. The van der Waals surface area contributed by atoms with Crippen molar-refractivity contribution >= 4 is 12.0 Å². The van der Waals surface area contributed by atoms with Gasteiger partial charge in [-0.2, -0.15) is 0 Å². The molecular formula is C8H9NO3. The summed E-state index contributed by atoms with van der Waals surface area (Å²) in [6.07, 6.45) is 5.49. The third kappa shape index (κ3) is 6.45. The number of nitrogens with zero attached hydrogens (tertiary/aromatic N) is 1. The lowest BCUT2D eigenvalue weighted by Crippen LogP contribution is -2.04. The highest BCUT2D eigenvalue weighted by atomic mass is 16.5. The third-order valence-electron chi connectivity index (χ3n) is 0.880. The van der Waals surface area contributed by atoms with Gasteiger partial charge in [-0.3, -0.25) is 0 Å². The number of esters is 1. The highest BCUT2D eigenvalue weighted by Gasteiger charge is 1.93. The van der Waals surface area contributed by atoms with Crippen molar-refractivity contribution in [1.82, 2.24) is 0 Å². The van der Waals surface area contributed by atoms with Gasteiger partial charge in [-0.25, -0.2) is 14.6 Å². The van der Waals surface area contributed by atoms with Gasteiger partial charge in [0.25, 0.3) is 0 Å². The van der Waals surface area contributed by atoms with Gasteiger partial charge in [-0.15, -0.1) is 0 Å². The van der Waals surface area contributed by atoms with Gasteiger partial charge >= 0.3 is 5.97 Å². The first-order valence-corrected chi connectivity index (χ1v) is 3.30. The Morgan fingerprint density at radius 2 is 2.42 bits per heavy atom. The van der Waals surface area contributed by atoms with E-state index in [1.165, 1.54) is 24.3 Å². The highest BCUT2D eigenvalue weighted by Crippen LogP contribution is 1.82. The van der Waals surface area contributed by atoms with E-state index in [4.69, 9.17) is 0 Å². The maximum atomic E-state index is 10.7. The minimum atomic E-state index is -0.476. The van der Waals surface area contributed by atoms with E-state index in [2.05, 4.69) is 16.3 Å². The van der Waals surface area contributed by atoms with E-state index < -0.39 is 5.97 Å². The van der Waals surface area contributed by atoms with Crippen LogP contribution in [0.4, 0.5) is 0 Å². The molecule has 0 N–H and O–H groups in total. The fourth-order valence-electron chi connectivity index (χ4n) is 0.432. The zero-order valence-electron chi connectivity index (χ0n) is 6.53. The van der Waals surface area contributed by atoms with Crippen LogP contribution in [0.5, 0.6) is 0 Å². The first-order valence-electron chi connectivity index (χ1n) is 3.30. The van der Waals surface area contributed by atoms with E-state index in [1.807, 2.05) is 0 Å². The summed E-state index contributed by atoms with van der Waals surface area (Å²) in [6.45, 7) is 3.62. The summed E-state index contributed by atoms with van der Waals surface area (Å²) in [6, 6.07) is 0. The van der Waals surface area contributed by atoms with Crippen LogP contribution in [0, 0.1) is 0 Å². The predicted octanol–water partition coefficient (Wildman–Crippen LogP) is 0.608. The molecular weight excluding hydrogens is 158 g/mol. The molecule has 0 saturated heterocycles. The van der Waals surface area contributed by atoms with Crippen LogP contribution < -0.4 is 0 Å². The van der Waals surface area contributed by atoms with Crippen LogP contribution in [-0.2, 0) is 14.3 Å². The van der Waals surface area contributed by atoms with Gasteiger partial charge < -0.3 is 4.74 Å².